The van der Waals surface area contributed by atoms with E-state index in [0.29, 0.717) is 54.7 Å². The smallest absolute Gasteiger partial charge is 0.337 e. The zero-order valence-corrected chi connectivity index (χ0v) is 27.3. The molecule has 0 aliphatic heterocycles. The van der Waals surface area contributed by atoms with E-state index in [2.05, 4.69) is 26.5 Å². The van der Waals surface area contributed by atoms with Crippen LogP contribution in [0.5, 0.6) is 5.75 Å². The fraction of sp³-hybridized carbons (Fsp3) is 0.257. The van der Waals surface area contributed by atoms with Gasteiger partial charge in [0.2, 0.25) is 0 Å². The fourth-order valence-electron chi connectivity index (χ4n) is 5.16. The van der Waals surface area contributed by atoms with Crippen LogP contribution in [0.1, 0.15) is 51.6 Å². The molecule has 0 saturated heterocycles. The molecule has 45 heavy (non-hydrogen) atoms. The van der Waals surface area contributed by atoms with E-state index in [1.165, 1.54) is 7.11 Å². The van der Waals surface area contributed by atoms with Crippen LogP contribution in [-0.4, -0.2) is 48.3 Å². The number of esters is 1. The van der Waals surface area contributed by atoms with E-state index >= 15 is 0 Å². The summed E-state index contributed by atoms with van der Waals surface area (Å²) < 4.78 is 19.1. The summed E-state index contributed by atoms with van der Waals surface area (Å²) in [6.07, 6.45) is 4.08. The van der Waals surface area contributed by atoms with Crippen LogP contribution in [0, 0.1) is 11.8 Å². The van der Waals surface area contributed by atoms with Crippen molar-refractivity contribution in [3.8, 4) is 28.8 Å². The van der Waals surface area contributed by atoms with E-state index in [-0.39, 0.29) is 6.61 Å². The maximum Gasteiger partial charge on any atom is 0.337 e. The average molecular weight is 663 g/mol. The van der Waals surface area contributed by atoms with Crippen molar-refractivity contribution in [1.82, 2.24) is 14.6 Å². The van der Waals surface area contributed by atoms with Crippen LogP contribution in [0.4, 0.5) is 0 Å². The minimum atomic E-state index is -0.419. The molecule has 0 atom stereocenters. The molecule has 230 valence electrons. The molecule has 0 radical (unpaired) electrons. The van der Waals surface area contributed by atoms with E-state index in [0.717, 1.165) is 48.2 Å². The standard InChI is InChI=1S/C35H30Cl3N3O4/c1-40(2)15-16-41-14-13-26-23(17-24(18-31(26)41)35(42)43-3)10-7-21-11-12-25(19-30(21)38)44-20-27-33(39-45-34(27)22-8-9-22)32-28(36)5-4-6-29(32)37/h4-6,11-14,17-19,22H,8-9,15-16,20H2,1-3H3. The van der Waals surface area contributed by atoms with E-state index in [1.807, 2.05) is 44.6 Å². The third-order valence-electron chi connectivity index (χ3n) is 7.72. The van der Waals surface area contributed by atoms with Gasteiger partial charge in [0.1, 0.15) is 23.8 Å². The molecule has 0 bridgehead atoms. The third-order valence-corrected chi connectivity index (χ3v) is 8.66. The number of halogens is 3. The number of nitrogens with zero attached hydrogens (tertiary/aromatic N) is 3. The Bertz CT molecular complexity index is 1940. The van der Waals surface area contributed by atoms with Gasteiger partial charge in [0.05, 0.1) is 38.8 Å². The molecule has 1 aliphatic carbocycles. The normalized spacial score (nSPS) is 12.8. The molecule has 10 heteroatoms. The lowest BCUT2D eigenvalue weighted by atomic mass is 10.0. The number of benzene rings is 3. The lowest BCUT2D eigenvalue weighted by Crippen LogP contribution is -2.18. The number of ether oxygens (including phenoxy) is 2. The molecule has 1 aliphatic rings. The summed E-state index contributed by atoms with van der Waals surface area (Å²) in [6, 6.07) is 16.3. The largest absolute Gasteiger partial charge is 0.489 e. The summed E-state index contributed by atoms with van der Waals surface area (Å²) in [5.74, 6) is 7.65. The third kappa shape index (κ3) is 6.70. The number of fused-ring (bicyclic) bond motifs is 1. The molecular weight excluding hydrogens is 633 g/mol. The second-order valence-electron chi connectivity index (χ2n) is 11.2. The van der Waals surface area contributed by atoms with Gasteiger partial charge in [-0.25, -0.2) is 4.79 Å². The molecule has 0 spiro atoms. The number of hydrogen-bond acceptors (Lipinski definition) is 6. The van der Waals surface area contributed by atoms with Crippen LogP contribution in [0.3, 0.4) is 0 Å². The lowest BCUT2D eigenvalue weighted by Gasteiger charge is -2.12. The Hall–Kier alpha value is -3.93. The first-order chi connectivity index (χ1) is 21.7. The molecule has 1 saturated carbocycles. The Morgan fingerprint density at radius 2 is 1.78 bits per heavy atom. The lowest BCUT2D eigenvalue weighted by molar-refractivity contribution is 0.0601. The first kappa shape index (κ1) is 31.1. The highest BCUT2D eigenvalue weighted by atomic mass is 35.5. The van der Waals surface area contributed by atoms with Gasteiger partial charge in [0.25, 0.3) is 0 Å². The van der Waals surface area contributed by atoms with E-state index < -0.39 is 5.97 Å². The monoisotopic (exact) mass is 661 g/mol. The molecule has 3 aromatic carbocycles. The fourth-order valence-corrected chi connectivity index (χ4v) is 5.96. The van der Waals surface area contributed by atoms with Crippen molar-refractivity contribution in [2.45, 2.75) is 31.9 Å². The minimum Gasteiger partial charge on any atom is -0.489 e. The number of rotatable bonds is 9. The van der Waals surface area contributed by atoms with Crippen molar-refractivity contribution < 1.29 is 18.8 Å². The summed E-state index contributed by atoms with van der Waals surface area (Å²) in [6.45, 7) is 1.83. The summed E-state index contributed by atoms with van der Waals surface area (Å²) in [7, 11) is 5.42. The number of methoxy groups -OCH3 is 1. The van der Waals surface area contributed by atoms with E-state index in [9.17, 15) is 4.79 Å². The number of carbonyl (C=O) groups excluding carboxylic acids is 1. The van der Waals surface area contributed by atoms with Gasteiger partial charge in [-0.2, -0.15) is 0 Å². The van der Waals surface area contributed by atoms with Gasteiger partial charge in [-0.1, -0.05) is 57.9 Å². The second-order valence-corrected chi connectivity index (χ2v) is 12.4. The Balaban J connectivity index is 1.26. The Labute approximate surface area is 276 Å². The molecule has 0 unspecified atom stereocenters. The Kier molecular flexibility index (Phi) is 9.11. The maximum absolute atomic E-state index is 12.5. The second kappa shape index (κ2) is 13.2. The summed E-state index contributed by atoms with van der Waals surface area (Å²) >= 11 is 19.7. The highest BCUT2D eigenvalue weighted by molar-refractivity contribution is 6.39. The van der Waals surface area contributed by atoms with Gasteiger partial charge in [-0.05, 0) is 69.4 Å². The van der Waals surface area contributed by atoms with Crippen LogP contribution < -0.4 is 4.74 Å². The van der Waals surface area contributed by atoms with Crippen molar-refractivity contribution >= 4 is 51.7 Å². The highest BCUT2D eigenvalue weighted by Crippen LogP contribution is 2.46. The molecule has 5 aromatic rings. The van der Waals surface area contributed by atoms with E-state index in [4.69, 9.17) is 48.8 Å². The number of likely N-dealkylation sites (N-methyl/N-ethyl adjacent to an activating group) is 1. The van der Waals surface area contributed by atoms with Gasteiger partial charge < -0.3 is 23.5 Å². The molecule has 2 heterocycles. The topological polar surface area (TPSA) is 69.7 Å². The molecular formula is C35H30Cl3N3O4. The molecule has 2 aromatic heterocycles. The SMILES string of the molecule is COC(=O)c1cc(C#Cc2ccc(OCc3c(-c4c(Cl)cccc4Cl)noc3C3CC3)cc2Cl)c2ccn(CCN(C)C)c2c1. The van der Waals surface area contributed by atoms with Gasteiger partial charge >= 0.3 is 5.97 Å². The average Bonchev–Trinajstić information content (AvgIpc) is 3.65. The molecule has 0 N–H and O–H groups in total. The van der Waals surface area contributed by atoms with Gasteiger partial charge in [-0.3, -0.25) is 0 Å². The quantitative estimate of drug-likeness (QED) is 0.117. The summed E-state index contributed by atoms with van der Waals surface area (Å²) in [5, 5.41) is 6.69. The summed E-state index contributed by atoms with van der Waals surface area (Å²) in [5.41, 5.74) is 4.70. The van der Waals surface area contributed by atoms with Crippen molar-refractivity contribution in [2.24, 2.45) is 0 Å². The summed E-state index contributed by atoms with van der Waals surface area (Å²) in [4.78, 5) is 14.6. The van der Waals surface area contributed by atoms with Crippen molar-refractivity contribution in [3.05, 3.63) is 104 Å². The van der Waals surface area contributed by atoms with Crippen LogP contribution in [0.2, 0.25) is 15.1 Å². The predicted molar refractivity (Wildman–Crippen MR) is 178 cm³/mol. The van der Waals surface area contributed by atoms with Crippen LogP contribution in [0.15, 0.2) is 65.3 Å². The number of carbonyl (C=O) groups is 1. The zero-order chi connectivity index (χ0) is 31.7. The minimum absolute atomic E-state index is 0.205. The van der Waals surface area contributed by atoms with Gasteiger partial charge in [0.15, 0.2) is 0 Å². The number of aromatic nitrogens is 2. The maximum atomic E-state index is 12.5. The highest BCUT2D eigenvalue weighted by Gasteiger charge is 2.33. The first-order valence-electron chi connectivity index (χ1n) is 14.5. The Morgan fingerprint density at radius 1 is 1.02 bits per heavy atom. The van der Waals surface area contributed by atoms with Crippen molar-refractivity contribution in [1.29, 1.82) is 0 Å². The zero-order valence-electron chi connectivity index (χ0n) is 25.0. The van der Waals surface area contributed by atoms with Crippen molar-refractivity contribution in [2.75, 3.05) is 27.7 Å². The first-order valence-corrected chi connectivity index (χ1v) is 15.6. The Morgan fingerprint density at radius 3 is 2.47 bits per heavy atom. The molecule has 1 fully saturated rings. The predicted octanol–water partition coefficient (Wildman–Crippen LogP) is 8.46. The van der Waals surface area contributed by atoms with Gasteiger partial charge in [-0.15, -0.1) is 0 Å². The molecule has 6 rings (SSSR count). The number of hydrogen-bond donors (Lipinski definition) is 0. The molecule has 7 nitrogen and oxygen atoms in total. The van der Waals surface area contributed by atoms with E-state index in [1.54, 1.807) is 30.3 Å². The van der Waals surface area contributed by atoms with Crippen LogP contribution >= 0.6 is 34.8 Å². The van der Waals surface area contributed by atoms with Crippen LogP contribution in [0.25, 0.3) is 22.2 Å². The molecule has 0 amide bonds. The van der Waals surface area contributed by atoms with Crippen LogP contribution in [-0.2, 0) is 17.9 Å². The van der Waals surface area contributed by atoms with Gasteiger partial charge in [0, 0.05) is 53.3 Å². The van der Waals surface area contributed by atoms with Crippen molar-refractivity contribution in [3.63, 3.8) is 0 Å².